The standard InChI is InChI=1S/C18H17N5O2/c1-25-15-9-7-13(8-10-15)16-11-12-23(18(20-16)21-19)22-17(24)14-5-3-2-4-6-14/h2-12H,19H2,1H3,(H,22,24)/b21-18+. The number of hydrogen-bond donors (Lipinski definition) is 2. The van der Waals surface area contributed by atoms with E-state index < -0.39 is 0 Å². The highest BCUT2D eigenvalue weighted by molar-refractivity contribution is 5.99. The van der Waals surface area contributed by atoms with E-state index in [9.17, 15) is 4.79 Å². The maximum Gasteiger partial charge on any atom is 0.270 e. The summed E-state index contributed by atoms with van der Waals surface area (Å²) < 4.78 is 6.52. The van der Waals surface area contributed by atoms with Crippen molar-refractivity contribution in [1.29, 1.82) is 0 Å². The molecule has 0 saturated carbocycles. The monoisotopic (exact) mass is 335 g/mol. The van der Waals surface area contributed by atoms with E-state index in [0.29, 0.717) is 11.3 Å². The van der Waals surface area contributed by atoms with Crippen LogP contribution in [0.2, 0.25) is 0 Å². The fourth-order valence-corrected chi connectivity index (χ4v) is 2.28. The molecule has 3 rings (SSSR count). The van der Waals surface area contributed by atoms with Gasteiger partial charge in [0.25, 0.3) is 11.5 Å². The van der Waals surface area contributed by atoms with Crippen molar-refractivity contribution in [2.24, 2.45) is 10.9 Å². The number of nitrogens with zero attached hydrogens (tertiary/aromatic N) is 3. The molecule has 3 N–H and O–H groups in total. The molecule has 3 aromatic rings. The van der Waals surface area contributed by atoms with Crippen LogP contribution in [0.3, 0.4) is 0 Å². The highest BCUT2D eigenvalue weighted by atomic mass is 16.5. The lowest BCUT2D eigenvalue weighted by Gasteiger charge is -2.10. The van der Waals surface area contributed by atoms with E-state index in [2.05, 4.69) is 15.5 Å². The van der Waals surface area contributed by atoms with E-state index in [4.69, 9.17) is 10.6 Å². The summed E-state index contributed by atoms with van der Waals surface area (Å²) in [7, 11) is 1.61. The molecule has 0 spiro atoms. The van der Waals surface area contributed by atoms with E-state index in [-0.39, 0.29) is 11.5 Å². The van der Waals surface area contributed by atoms with Crippen LogP contribution in [0.1, 0.15) is 10.4 Å². The van der Waals surface area contributed by atoms with Crippen molar-refractivity contribution in [3.05, 3.63) is 78.0 Å². The van der Waals surface area contributed by atoms with Crippen molar-refractivity contribution in [3.8, 4) is 17.0 Å². The predicted molar refractivity (Wildman–Crippen MR) is 94.1 cm³/mol. The number of hydrogen-bond acceptors (Lipinski definition) is 5. The summed E-state index contributed by atoms with van der Waals surface area (Å²) in [5.74, 6) is 5.90. The van der Waals surface area contributed by atoms with Crippen molar-refractivity contribution >= 4 is 5.91 Å². The number of carbonyl (C=O) groups is 1. The van der Waals surface area contributed by atoms with Crippen molar-refractivity contribution in [2.45, 2.75) is 0 Å². The Bertz CT molecular complexity index is 934. The molecule has 126 valence electrons. The minimum Gasteiger partial charge on any atom is -0.497 e. The van der Waals surface area contributed by atoms with Crippen LogP contribution in [0.4, 0.5) is 0 Å². The van der Waals surface area contributed by atoms with Crippen LogP contribution in [0.15, 0.2) is 72.0 Å². The first-order valence-electron chi connectivity index (χ1n) is 7.55. The number of ether oxygens (including phenoxy) is 1. The Kier molecular flexibility index (Phi) is 4.75. The van der Waals surface area contributed by atoms with Gasteiger partial charge in [0.2, 0.25) is 0 Å². The highest BCUT2D eigenvalue weighted by Gasteiger charge is 2.07. The first-order valence-corrected chi connectivity index (χ1v) is 7.55. The number of aromatic nitrogens is 2. The minimum atomic E-state index is -0.283. The van der Waals surface area contributed by atoms with E-state index >= 15 is 0 Å². The molecule has 0 bridgehead atoms. The van der Waals surface area contributed by atoms with Gasteiger partial charge in [0.05, 0.1) is 12.8 Å². The third-order valence-corrected chi connectivity index (χ3v) is 3.58. The fourth-order valence-electron chi connectivity index (χ4n) is 2.28. The second-order valence-corrected chi connectivity index (χ2v) is 5.15. The van der Waals surface area contributed by atoms with Crippen molar-refractivity contribution in [2.75, 3.05) is 12.5 Å². The van der Waals surface area contributed by atoms with Crippen LogP contribution in [-0.2, 0) is 0 Å². The summed E-state index contributed by atoms with van der Waals surface area (Å²) in [5.41, 5.74) is 4.96. The molecule has 0 unspecified atom stereocenters. The van der Waals surface area contributed by atoms with Gasteiger partial charge < -0.3 is 10.6 Å². The SMILES string of the molecule is COc1ccc(-c2ccn(NC(=O)c3ccccc3)/c(=N/N)n2)cc1. The molecule has 0 aliphatic rings. The summed E-state index contributed by atoms with van der Waals surface area (Å²) in [6.45, 7) is 0. The normalized spacial score (nSPS) is 11.2. The molecule has 1 amide bonds. The smallest absolute Gasteiger partial charge is 0.270 e. The zero-order valence-electron chi connectivity index (χ0n) is 13.6. The number of carbonyl (C=O) groups excluding carboxylic acids is 1. The lowest BCUT2D eigenvalue weighted by molar-refractivity contribution is 0.101. The number of nitrogens with two attached hydrogens (primary N) is 1. The largest absolute Gasteiger partial charge is 0.497 e. The van der Waals surface area contributed by atoms with Crippen LogP contribution in [0.25, 0.3) is 11.3 Å². The molecule has 0 aliphatic heterocycles. The van der Waals surface area contributed by atoms with E-state index in [1.54, 1.807) is 43.6 Å². The molecule has 7 heteroatoms. The summed E-state index contributed by atoms with van der Waals surface area (Å²) in [5, 5.41) is 3.65. The molecule has 0 saturated heterocycles. The highest BCUT2D eigenvalue weighted by Crippen LogP contribution is 2.19. The Hall–Kier alpha value is -3.61. The number of amides is 1. The van der Waals surface area contributed by atoms with E-state index in [1.165, 1.54) is 4.68 Å². The van der Waals surface area contributed by atoms with Gasteiger partial charge in [-0.05, 0) is 42.5 Å². The topological polar surface area (TPSA) is 94.5 Å². The quantitative estimate of drug-likeness (QED) is 0.561. The van der Waals surface area contributed by atoms with Gasteiger partial charge >= 0.3 is 0 Å². The van der Waals surface area contributed by atoms with Crippen LogP contribution in [0.5, 0.6) is 5.75 Å². The molecular formula is C18H17N5O2. The molecule has 1 aromatic heterocycles. The third-order valence-electron chi connectivity index (χ3n) is 3.58. The fraction of sp³-hybridized carbons (Fsp3) is 0.0556. The number of benzene rings is 2. The van der Waals surface area contributed by atoms with Gasteiger partial charge in [-0.1, -0.05) is 18.2 Å². The third kappa shape index (κ3) is 3.66. The second kappa shape index (κ2) is 7.31. The van der Waals surface area contributed by atoms with Gasteiger partial charge in [0, 0.05) is 17.3 Å². The minimum absolute atomic E-state index is 0.178. The molecule has 1 heterocycles. The molecule has 0 aliphatic carbocycles. The van der Waals surface area contributed by atoms with Gasteiger partial charge in [-0.25, -0.2) is 9.66 Å². The zero-order chi connectivity index (χ0) is 17.6. The van der Waals surface area contributed by atoms with Gasteiger partial charge in [-0.15, -0.1) is 5.10 Å². The average molecular weight is 335 g/mol. The lowest BCUT2D eigenvalue weighted by atomic mass is 10.1. The van der Waals surface area contributed by atoms with Crippen molar-refractivity contribution in [1.82, 2.24) is 9.66 Å². The van der Waals surface area contributed by atoms with Gasteiger partial charge in [0.1, 0.15) is 5.75 Å². The van der Waals surface area contributed by atoms with Crippen LogP contribution in [0, 0.1) is 0 Å². The number of nitrogens with one attached hydrogen (secondary N) is 1. The van der Waals surface area contributed by atoms with E-state index in [0.717, 1.165) is 11.3 Å². The van der Waals surface area contributed by atoms with Crippen LogP contribution in [-0.4, -0.2) is 22.7 Å². The Morgan fingerprint density at radius 1 is 1.12 bits per heavy atom. The maximum atomic E-state index is 12.3. The number of rotatable bonds is 4. The summed E-state index contributed by atoms with van der Waals surface area (Å²) in [4.78, 5) is 16.6. The zero-order valence-corrected chi connectivity index (χ0v) is 13.6. The molecule has 2 aromatic carbocycles. The molecule has 7 nitrogen and oxygen atoms in total. The van der Waals surface area contributed by atoms with Gasteiger partial charge in [0.15, 0.2) is 0 Å². The average Bonchev–Trinajstić information content (AvgIpc) is 2.69. The number of methoxy groups -OCH3 is 1. The van der Waals surface area contributed by atoms with Gasteiger partial charge in [-0.3, -0.25) is 10.2 Å². The Balaban J connectivity index is 1.88. The van der Waals surface area contributed by atoms with Gasteiger partial charge in [-0.2, -0.15) is 0 Å². The van der Waals surface area contributed by atoms with E-state index in [1.807, 2.05) is 30.3 Å². The first kappa shape index (κ1) is 16.3. The second-order valence-electron chi connectivity index (χ2n) is 5.15. The van der Waals surface area contributed by atoms with Crippen LogP contribution < -0.4 is 21.6 Å². The molecular weight excluding hydrogens is 318 g/mol. The molecule has 0 fully saturated rings. The summed E-state index contributed by atoms with van der Waals surface area (Å²) in [6.07, 6.45) is 1.65. The first-order chi connectivity index (χ1) is 12.2. The predicted octanol–water partition coefficient (Wildman–Crippen LogP) is 1.72. The van der Waals surface area contributed by atoms with Crippen molar-refractivity contribution < 1.29 is 9.53 Å². The molecule has 25 heavy (non-hydrogen) atoms. The molecule has 0 radical (unpaired) electrons. The Labute approximate surface area is 144 Å². The molecule has 0 atom stereocenters. The Morgan fingerprint density at radius 2 is 1.84 bits per heavy atom. The maximum absolute atomic E-state index is 12.3. The summed E-state index contributed by atoms with van der Waals surface area (Å²) in [6, 6.07) is 18.1. The van der Waals surface area contributed by atoms with Crippen molar-refractivity contribution in [3.63, 3.8) is 0 Å². The van der Waals surface area contributed by atoms with Crippen LogP contribution >= 0.6 is 0 Å². The Morgan fingerprint density at radius 3 is 2.48 bits per heavy atom. The summed E-state index contributed by atoms with van der Waals surface area (Å²) >= 11 is 0. The lowest BCUT2D eigenvalue weighted by Crippen LogP contribution is -2.36.